The summed E-state index contributed by atoms with van der Waals surface area (Å²) in [7, 11) is 0. The van der Waals surface area contributed by atoms with E-state index in [-0.39, 0.29) is 5.91 Å². The van der Waals surface area contributed by atoms with E-state index >= 15 is 0 Å². The first-order chi connectivity index (χ1) is 12.0. The molecule has 0 aromatic carbocycles. The zero-order valence-electron chi connectivity index (χ0n) is 14.8. The van der Waals surface area contributed by atoms with Crippen molar-refractivity contribution in [2.45, 2.75) is 40.2 Å². The molecule has 0 spiro atoms. The number of hydrogen-bond donors (Lipinski definition) is 0. The Morgan fingerprint density at radius 2 is 2.24 bits per heavy atom. The van der Waals surface area contributed by atoms with Gasteiger partial charge in [-0.1, -0.05) is 13.8 Å². The molecule has 0 atom stereocenters. The number of anilines is 1. The van der Waals surface area contributed by atoms with Crippen LogP contribution in [0.15, 0.2) is 24.4 Å². The Balaban J connectivity index is 1.72. The van der Waals surface area contributed by atoms with Crippen LogP contribution >= 0.6 is 11.3 Å². The van der Waals surface area contributed by atoms with E-state index in [1.807, 2.05) is 34.7 Å². The van der Waals surface area contributed by atoms with Crippen molar-refractivity contribution in [2.24, 2.45) is 5.92 Å². The molecule has 0 bridgehead atoms. The summed E-state index contributed by atoms with van der Waals surface area (Å²) in [6.45, 7) is 8.00. The second-order valence-corrected chi connectivity index (χ2v) is 8.05. The van der Waals surface area contributed by atoms with E-state index < -0.39 is 0 Å². The lowest BCUT2D eigenvalue weighted by atomic mass is 10.1. The molecule has 0 saturated carbocycles. The Morgan fingerprint density at radius 1 is 1.40 bits per heavy atom. The quantitative estimate of drug-likeness (QED) is 0.713. The van der Waals surface area contributed by atoms with Gasteiger partial charge in [0.1, 0.15) is 4.83 Å². The standard InChI is InChI=1S/C19H22N4OS/c1-12(2)11-23-19-14(13(3)21-23)10-17(25-19)18(24)22-9-5-6-15-16(22)7-4-8-20-15/h4,7-8,10,12H,5-6,9,11H2,1-3H3. The monoisotopic (exact) mass is 354 g/mol. The molecule has 0 unspecified atom stereocenters. The lowest BCUT2D eigenvalue weighted by Gasteiger charge is -2.28. The third kappa shape index (κ3) is 2.84. The van der Waals surface area contributed by atoms with Gasteiger partial charge in [-0.15, -0.1) is 11.3 Å². The highest BCUT2D eigenvalue weighted by molar-refractivity contribution is 7.20. The number of hydrogen-bond acceptors (Lipinski definition) is 4. The van der Waals surface area contributed by atoms with Crippen molar-refractivity contribution >= 4 is 33.1 Å². The fourth-order valence-corrected chi connectivity index (χ4v) is 4.54. The number of nitrogens with zero attached hydrogens (tertiary/aromatic N) is 4. The van der Waals surface area contributed by atoms with Gasteiger partial charge in [-0.2, -0.15) is 5.10 Å². The summed E-state index contributed by atoms with van der Waals surface area (Å²) in [6.07, 6.45) is 3.70. The van der Waals surface area contributed by atoms with Gasteiger partial charge >= 0.3 is 0 Å². The first kappa shape index (κ1) is 16.3. The summed E-state index contributed by atoms with van der Waals surface area (Å²) >= 11 is 1.55. The number of amides is 1. The maximum atomic E-state index is 13.2. The fraction of sp³-hybridized carbons (Fsp3) is 0.421. The third-order valence-electron chi connectivity index (χ3n) is 4.55. The number of fused-ring (bicyclic) bond motifs is 2. The molecule has 1 aliphatic heterocycles. The molecule has 3 aromatic heterocycles. The van der Waals surface area contributed by atoms with Gasteiger partial charge in [-0.05, 0) is 43.9 Å². The van der Waals surface area contributed by atoms with Crippen molar-refractivity contribution in [3.63, 3.8) is 0 Å². The van der Waals surface area contributed by atoms with E-state index in [2.05, 4.69) is 23.9 Å². The number of aromatic nitrogens is 3. The van der Waals surface area contributed by atoms with Crippen LogP contribution in [0.2, 0.25) is 0 Å². The van der Waals surface area contributed by atoms with Gasteiger partial charge < -0.3 is 4.90 Å². The van der Waals surface area contributed by atoms with Crippen LogP contribution in [0, 0.1) is 12.8 Å². The summed E-state index contributed by atoms with van der Waals surface area (Å²) in [6, 6.07) is 5.91. The summed E-state index contributed by atoms with van der Waals surface area (Å²) in [5.41, 5.74) is 2.97. The number of thiophene rings is 1. The van der Waals surface area contributed by atoms with Crippen LogP contribution in [-0.4, -0.2) is 27.2 Å². The molecule has 4 rings (SSSR count). The molecule has 5 nitrogen and oxygen atoms in total. The molecule has 6 heteroatoms. The zero-order valence-corrected chi connectivity index (χ0v) is 15.6. The zero-order chi connectivity index (χ0) is 17.6. The molecule has 0 N–H and O–H groups in total. The minimum atomic E-state index is 0.0747. The number of rotatable bonds is 3. The number of aryl methyl sites for hydroxylation is 2. The lowest BCUT2D eigenvalue weighted by Crippen LogP contribution is -2.35. The highest BCUT2D eigenvalue weighted by Gasteiger charge is 2.26. The van der Waals surface area contributed by atoms with Crippen molar-refractivity contribution in [1.82, 2.24) is 14.8 Å². The van der Waals surface area contributed by atoms with Gasteiger partial charge in [0.25, 0.3) is 5.91 Å². The average molecular weight is 354 g/mol. The molecule has 4 heterocycles. The van der Waals surface area contributed by atoms with Crippen LogP contribution in [0.25, 0.3) is 10.2 Å². The normalized spacial score (nSPS) is 14.3. The molecule has 25 heavy (non-hydrogen) atoms. The summed E-state index contributed by atoms with van der Waals surface area (Å²) in [4.78, 5) is 21.3. The van der Waals surface area contributed by atoms with E-state index in [0.717, 1.165) is 58.1 Å². The SMILES string of the molecule is Cc1nn(CC(C)C)c2sc(C(=O)N3CCCc4ncccc43)cc12. The van der Waals surface area contributed by atoms with Gasteiger partial charge in [0.15, 0.2) is 0 Å². The topological polar surface area (TPSA) is 51.0 Å². The Morgan fingerprint density at radius 3 is 3.04 bits per heavy atom. The minimum Gasteiger partial charge on any atom is -0.306 e. The maximum absolute atomic E-state index is 13.2. The number of carbonyl (C=O) groups is 1. The predicted molar refractivity (Wildman–Crippen MR) is 101 cm³/mol. The van der Waals surface area contributed by atoms with Crippen LogP contribution in [0.1, 0.15) is 41.3 Å². The Kier molecular flexibility index (Phi) is 4.07. The maximum Gasteiger partial charge on any atom is 0.268 e. The molecule has 0 saturated heterocycles. The van der Waals surface area contributed by atoms with Gasteiger partial charge in [-0.3, -0.25) is 14.5 Å². The van der Waals surface area contributed by atoms with Crippen molar-refractivity contribution in [3.8, 4) is 0 Å². The third-order valence-corrected chi connectivity index (χ3v) is 5.69. The highest BCUT2D eigenvalue weighted by Crippen LogP contribution is 2.32. The Labute approximate surface area is 151 Å². The molecule has 0 aliphatic carbocycles. The highest BCUT2D eigenvalue weighted by atomic mass is 32.1. The van der Waals surface area contributed by atoms with E-state index in [1.165, 1.54) is 0 Å². The number of pyridine rings is 1. The largest absolute Gasteiger partial charge is 0.306 e. The molecular weight excluding hydrogens is 332 g/mol. The molecule has 0 fully saturated rings. The average Bonchev–Trinajstić information content (AvgIpc) is 3.15. The first-order valence-electron chi connectivity index (χ1n) is 8.77. The Bertz CT molecular complexity index is 940. The van der Waals surface area contributed by atoms with Gasteiger partial charge in [0.05, 0.1) is 22.0 Å². The van der Waals surface area contributed by atoms with Crippen LogP contribution in [-0.2, 0) is 13.0 Å². The van der Waals surface area contributed by atoms with Crippen LogP contribution in [0.3, 0.4) is 0 Å². The van der Waals surface area contributed by atoms with Gasteiger partial charge in [0, 0.05) is 24.7 Å². The van der Waals surface area contributed by atoms with E-state index in [9.17, 15) is 4.79 Å². The van der Waals surface area contributed by atoms with Crippen molar-refractivity contribution in [3.05, 3.63) is 40.7 Å². The summed E-state index contributed by atoms with van der Waals surface area (Å²) in [5.74, 6) is 0.592. The predicted octanol–water partition coefficient (Wildman–Crippen LogP) is 4.05. The lowest BCUT2D eigenvalue weighted by molar-refractivity contribution is 0.0989. The molecule has 3 aromatic rings. The molecule has 0 radical (unpaired) electrons. The second kappa shape index (κ2) is 6.26. The second-order valence-electron chi connectivity index (χ2n) is 7.02. The molecule has 130 valence electrons. The van der Waals surface area contributed by atoms with E-state index in [4.69, 9.17) is 0 Å². The molecule has 1 amide bonds. The van der Waals surface area contributed by atoms with E-state index in [0.29, 0.717) is 5.92 Å². The van der Waals surface area contributed by atoms with Crippen molar-refractivity contribution in [2.75, 3.05) is 11.4 Å². The molecule has 1 aliphatic rings. The van der Waals surface area contributed by atoms with Crippen LogP contribution in [0.4, 0.5) is 5.69 Å². The van der Waals surface area contributed by atoms with Crippen LogP contribution < -0.4 is 4.90 Å². The Hall–Kier alpha value is -2.21. The van der Waals surface area contributed by atoms with Gasteiger partial charge in [-0.25, -0.2) is 0 Å². The van der Waals surface area contributed by atoms with Crippen molar-refractivity contribution < 1.29 is 4.79 Å². The number of carbonyl (C=O) groups excluding carboxylic acids is 1. The summed E-state index contributed by atoms with van der Waals surface area (Å²) in [5, 5.41) is 5.73. The van der Waals surface area contributed by atoms with E-state index in [1.54, 1.807) is 17.5 Å². The fourth-order valence-electron chi connectivity index (χ4n) is 3.42. The minimum absolute atomic E-state index is 0.0747. The smallest absolute Gasteiger partial charge is 0.268 e. The van der Waals surface area contributed by atoms with Crippen LogP contribution in [0.5, 0.6) is 0 Å². The van der Waals surface area contributed by atoms with Crippen molar-refractivity contribution in [1.29, 1.82) is 0 Å². The molecular formula is C19H22N4OS. The summed E-state index contributed by atoms with van der Waals surface area (Å²) < 4.78 is 2.04. The van der Waals surface area contributed by atoms with Gasteiger partial charge in [0.2, 0.25) is 0 Å². The first-order valence-corrected chi connectivity index (χ1v) is 9.59.